The number of carbonyl (C=O) groups excluding carboxylic acids is 3. The van der Waals surface area contributed by atoms with Crippen molar-refractivity contribution in [2.75, 3.05) is 23.4 Å². The smallest absolute Gasteiger partial charge is 0.359 e. The molecular weight excluding hydrogens is 422 g/mol. The third kappa shape index (κ3) is 4.13. The molecule has 0 unspecified atom stereocenters. The molecule has 0 radical (unpaired) electrons. The predicted molar refractivity (Wildman–Crippen MR) is 114 cm³/mol. The second kappa shape index (κ2) is 8.19. The van der Waals surface area contributed by atoms with E-state index in [-0.39, 0.29) is 23.2 Å². The molecule has 158 valence electrons. The predicted octanol–water partition coefficient (Wildman–Crippen LogP) is 2.68. The number of pyridine rings is 1. The highest BCUT2D eigenvalue weighted by Crippen LogP contribution is 2.29. The van der Waals surface area contributed by atoms with E-state index in [4.69, 9.17) is 16.3 Å². The lowest BCUT2D eigenvalue weighted by Gasteiger charge is -2.28. The van der Waals surface area contributed by atoms with Crippen LogP contribution in [0.4, 0.5) is 11.4 Å². The first kappa shape index (κ1) is 20.5. The fourth-order valence-corrected chi connectivity index (χ4v) is 3.47. The van der Waals surface area contributed by atoms with Crippen LogP contribution in [-0.4, -0.2) is 45.7 Å². The number of benzene rings is 1. The number of esters is 1. The summed E-state index contributed by atoms with van der Waals surface area (Å²) in [5.41, 5.74) is 2.56. The van der Waals surface area contributed by atoms with Crippen LogP contribution >= 0.6 is 11.6 Å². The fourth-order valence-electron chi connectivity index (χ4n) is 3.28. The molecule has 2 aromatic heterocycles. The molecule has 1 aliphatic rings. The second-order valence-electron chi connectivity index (χ2n) is 6.96. The molecule has 0 saturated carbocycles. The average molecular weight is 440 g/mol. The van der Waals surface area contributed by atoms with Crippen LogP contribution in [0.1, 0.15) is 21.9 Å². The summed E-state index contributed by atoms with van der Waals surface area (Å²) in [6.45, 7) is 2.97. The molecule has 3 heterocycles. The van der Waals surface area contributed by atoms with Gasteiger partial charge in [-0.15, -0.1) is 0 Å². The van der Waals surface area contributed by atoms with E-state index in [1.807, 2.05) is 19.9 Å². The van der Waals surface area contributed by atoms with E-state index >= 15 is 0 Å². The van der Waals surface area contributed by atoms with Gasteiger partial charge in [0, 0.05) is 5.69 Å². The number of carbonyl (C=O) groups is 3. The molecule has 31 heavy (non-hydrogen) atoms. The molecule has 3 aromatic rings. The number of aryl methyl sites for hydroxylation is 2. The Labute approximate surface area is 182 Å². The number of hydrogen-bond acceptors (Lipinski definition) is 6. The molecule has 9 nitrogen and oxygen atoms in total. The van der Waals surface area contributed by atoms with E-state index in [0.29, 0.717) is 17.2 Å². The summed E-state index contributed by atoms with van der Waals surface area (Å²) in [7, 11) is 0. The van der Waals surface area contributed by atoms with Crippen molar-refractivity contribution in [1.29, 1.82) is 0 Å². The minimum atomic E-state index is -0.850. The monoisotopic (exact) mass is 439 g/mol. The van der Waals surface area contributed by atoms with Gasteiger partial charge in [0.15, 0.2) is 18.1 Å². The molecule has 0 bridgehead atoms. The van der Waals surface area contributed by atoms with E-state index in [0.717, 1.165) is 11.4 Å². The van der Waals surface area contributed by atoms with E-state index in [1.54, 1.807) is 35.0 Å². The summed E-state index contributed by atoms with van der Waals surface area (Å²) in [6.07, 6.45) is 0. The van der Waals surface area contributed by atoms with Crippen molar-refractivity contribution in [2.45, 2.75) is 13.8 Å². The minimum Gasteiger partial charge on any atom is -0.451 e. The first-order chi connectivity index (χ1) is 14.8. The molecule has 0 saturated heterocycles. The number of aromatic nitrogens is 3. The summed E-state index contributed by atoms with van der Waals surface area (Å²) >= 11 is 6.13. The van der Waals surface area contributed by atoms with Crippen molar-refractivity contribution in [3.63, 3.8) is 0 Å². The molecule has 0 aliphatic carbocycles. The molecule has 1 aliphatic heterocycles. The first-order valence-corrected chi connectivity index (χ1v) is 9.78. The van der Waals surface area contributed by atoms with Crippen LogP contribution in [0, 0.1) is 13.8 Å². The van der Waals surface area contributed by atoms with Gasteiger partial charge >= 0.3 is 5.97 Å². The van der Waals surface area contributed by atoms with Gasteiger partial charge in [-0.3, -0.25) is 14.5 Å². The Morgan fingerprint density at radius 3 is 2.71 bits per heavy atom. The fraction of sp³-hybridized carbons (Fsp3) is 0.190. The van der Waals surface area contributed by atoms with Gasteiger partial charge in [0.2, 0.25) is 5.91 Å². The van der Waals surface area contributed by atoms with Crippen molar-refractivity contribution in [2.24, 2.45) is 0 Å². The molecule has 10 heteroatoms. The summed E-state index contributed by atoms with van der Waals surface area (Å²) in [4.78, 5) is 42.7. The number of amides is 2. The maximum atomic E-state index is 12.7. The van der Waals surface area contributed by atoms with E-state index in [2.05, 4.69) is 15.4 Å². The zero-order chi connectivity index (χ0) is 22.1. The molecule has 0 atom stereocenters. The van der Waals surface area contributed by atoms with Gasteiger partial charge < -0.3 is 10.1 Å². The van der Waals surface area contributed by atoms with E-state index in [9.17, 15) is 14.4 Å². The van der Waals surface area contributed by atoms with Gasteiger partial charge in [-0.05, 0) is 44.2 Å². The Morgan fingerprint density at radius 1 is 1.19 bits per heavy atom. The molecule has 0 fully saturated rings. The number of hydrogen-bond donors (Lipinski definition) is 1. The van der Waals surface area contributed by atoms with E-state index < -0.39 is 18.5 Å². The maximum absolute atomic E-state index is 12.7. The van der Waals surface area contributed by atoms with Crippen molar-refractivity contribution in [1.82, 2.24) is 14.8 Å². The van der Waals surface area contributed by atoms with Gasteiger partial charge in [-0.1, -0.05) is 23.7 Å². The number of rotatable bonds is 4. The second-order valence-corrected chi connectivity index (χ2v) is 7.37. The number of nitrogens with one attached hydrogen (secondary N) is 1. The normalized spacial score (nSPS) is 12.9. The van der Waals surface area contributed by atoms with Gasteiger partial charge in [0.1, 0.15) is 6.54 Å². The molecule has 0 spiro atoms. The zero-order valence-corrected chi connectivity index (χ0v) is 17.5. The Bertz CT molecular complexity index is 1210. The summed E-state index contributed by atoms with van der Waals surface area (Å²) in [6, 6.07) is 11.9. The van der Waals surface area contributed by atoms with Crippen LogP contribution < -0.4 is 10.2 Å². The highest BCUT2D eigenvalue weighted by atomic mass is 35.5. The number of para-hydroxylation sites is 2. The average Bonchev–Trinajstić information content (AvgIpc) is 3.09. The molecule has 1 N–H and O–H groups in total. The highest BCUT2D eigenvalue weighted by molar-refractivity contribution is 6.33. The van der Waals surface area contributed by atoms with Crippen LogP contribution in [0.15, 0.2) is 42.5 Å². The summed E-state index contributed by atoms with van der Waals surface area (Å²) < 4.78 is 6.74. The van der Waals surface area contributed by atoms with Gasteiger partial charge in [-0.2, -0.15) is 5.10 Å². The number of fused-ring (bicyclic) bond motifs is 1. The standard InChI is InChI=1S/C21H18ClN5O4/c1-12-9-13(2)27(25-12)17-8-7-14(22)20(24-17)21(30)31-11-19(29)26-10-18(28)23-15-5-3-4-6-16(15)26/h3-9H,10-11H2,1-2H3,(H,23,28). The van der Waals surface area contributed by atoms with Crippen LogP contribution in [0.25, 0.3) is 5.82 Å². The van der Waals surface area contributed by atoms with Crippen molar-refractivity contribution in [3.05, 3.63) is 64.6 Å². The van der Waals surface area contributed by atoms with Crippen LogP contribution in [-0.2, 0) is 14.3 Å². The number of anilines is 2. The lowest BCUT2D eigenvalue weighted by Crippen LogP contribution is -2.44. The lowest BCUT2D eigenvalue weighted by molar-refractivity contribution is -0.124. The lowest BCUT2D eigenvalue weighted by atomic mass is 10.2. The Hall–Kier alpha value is -3.72. The SMILES string of the molecule is Cc1cc(C)n(-c2ccc(Cl)c(C(=O)OCC(=O)N3CC(=O)Nc4ccccc43)n2)n1. The third-order valence-electron chi connectivity index (χ3n) is 4.65. The molecule has 4 rings (SSSR count). The van der Waals surface area contributed by atoms with Crippen LogP contribution in [0.2, 0.25) is 5.02 Å². The van der Waals surface area contributed by atoms with Crippen molar-refractivity contribution >= 4 is 40.8 Å². The highest BCUT2D eigenvalue weighted by Gasteiger charge is 2.28. The van der Waals surface area contributed by atoms with Crippen LogP contribution in [0.5, 0.6) is 0 Å². The summed E-state index contributed by atoms with van der Waals surface area (Å²) in [5, 5.41) is 7.12. The van der Waals surface area contributed by atoms with Gasteiger partial charge in [-0.25, -0.2) is 14.5 Å². The minimum absolute atomic E-state index is 0.0884. The number of ether oxygens (including phenoxy) is 1. The number of nitrogens with zero attached hydrogens (tertiary/aromatic N) is 4. The van der Waals surface area contributed by atoms with E-state index in [1.165, 1.54) is 11.0 Å². The molecule has 1 aromatic carbocycles. The summed E-state index contributed by atoms with van der Waals surface area (Å²) in [5.74, 6) is -1.33. The Balaban J connectivity index is 1.51. The number of halogens is 1. The van der Waals surface area contributed by atoms with Gasteiger partial charge in [0.25, 0.3) is 5.91 Å². The van der Waals surface area contributed by atoms with Crippen molar-refractivity contribution in [3.8, 4) is 5.82 Å². The van der Waals surface area contributed by atoms with Gasteiger partial charge in [0.05, 0.1) is 22.1 Å². The van der Waals surface area contributed by atoms with Crippen LogP contribution in [0.3, 0.4) is 0 Å². The third-order valence-corrected chi connectivity index (χ3v) is 4.95. The zero-order valence-electron chi connectivity index (χ0n) is 16.8. The topological polar surface area (TPSA) is 106 Å². The maximum Gasteiger partial charge on any atom is 0.359 e. The Kier molecular flexibility index (Phi) is 5.43. The van der Waals surface area contributed by atoms with Crippen molar-refractivity contribution < 1.29 is 19.1 Å². The largest absolute Gasteiger partial charge is 0.451 e. The molecule has 2 amide bonds. The Morgan fingerprint density at radius 2 is 1.97 bits per heavy atom. The first-order valence-electron chi connectivity index (χ1n) is 9.40. The quantitative estimate of drug-likeness (QED) is 0.626. The molecular formula is C21H18ClN5O4.